The van der Waals surface area contributed by atoms with E-state index in [1.54, 1.807) is 0 Å². The second-order valence-corrected chi connectivity index (χ2v) is 2.84. The molecule has 1 fully saturated rings. The van der Waals surface area contributed by atoms with Crippen molar-refractivity contribution in [1.29, 1.82) is 0 Å². The van der Waals surface area contributed by atoms with Gasteiger partial charge in [0.15, 0.2) is 0 Å². The van der Waals surface area contributed by atoms with E-state index >= 15 is 0 Å². The third-order valence-electron chi connectivity index (χ3n) is 2.19. The summed E-state index contributed by atoms with van der Waals surface area (Å²) in [5.41, 5.74) is 1.16. The second kappa shape index (κ2) is 2.22. The summed E-state index contributed by atoms with van der Waals surface area (Å²) in [5, 5.41) is 12.3. The molecule has 0 aromatic heterocycles. The summed E-state index contributed by atoms with van der Waals surface area (Å²) in [5.74, 6) is 0.556. The molecular formula is C8H11NO. The molecule has 1 aliphatic heterocycles. The zero-order valence-electron chi connectivity index (χ0n) is 5.75. The lowest BCUT2D eigenvalue weighted by atomic mass is 9.94. The molecule has 2 heteroatoms. The minimum Gasteiger partial charge on any atom is -0.375 e. The Morgan fingerprint density at radius 1 is 1.60 bits per heavy atom. The fourth-order valence-electron chi connectivity index (χ4n) is 1.58. The highest BCUT2D eigenvalue weighted by Gasteiger charge is 2.27. The number of rotatable bonds is 0. The Hall–Kier alpha value is -0.600. The quantitative estimate of drug-likeness (QED) is 0.507. The topological polar surface area (TPSA) is 32.3 Å². The average molecular weight is 137 g/mol. The number of fused-ring (bicyclic) bond motifs is 1. The van der Waals surface area contributed by atoms with Crippen molar-refractivity contribution >= 4 is 0 Å². The minimum atomic E-state index is -0.380. The molecule has 0 aromatic carbocycles. The van der Waals surface area contributed by atoms with E-state index in [-0.39, 0.29) is 6.23 Å². The molecular weight excluding hydrogens is 126 g/mol. The molecule has 2 aliphatic rings. The molecule has 0 spiro atoms. The molecule has 2 nitrogen and oxygen atoms in total. The van der Waals surface area contributed by atoms with E-state index in [2.05, 4.69) is 11.4 Å². The van der Waals surface area contributed by atoms with Crippen molar-refractivity contribution in [2.24, 2.45) is 5.92 Å². The molecule has 0 amide bonds. The normalized spacial score (nSPS) is 37.5. The van der Waals surface area contributed by atoms with Crippen molar-refractivity contribution in [1.82, 2.24) is 5.32 Å². The van der Waals surface area contributed by atoms with E-state index in [4.69, 9.17) is 0 Å². The van der Waals surface area contributed by atoms with Gasteiger partial charge in [-0.3, -0.25) is 5.32 Å². The second-order valence-electron chi connectivity index (χ2n) is 2.84. The molecule has 0 radical (unpaired) electrons. The van der Waals surface area contributed by atoms with E-state index in [1.807, 2.05) is 12.2 Å². The Morgan fingerprint density at radius 3 is 3.30 bits per heavy atom. The predicted octanol–water partition coefficient (Wildman–Crippen LogP) is 0.411. The molecule has 1 heterocycles. The maximum Gasteiger partial charge on any atom is 0.127 e. The van der Waals surface area contributed by atoms with Crippen LogP contribution >= 0.6 is 0 Å². The van der Waals surface area contributed by atoms with Gasteiger partial charge in [-0.15, -0.1) is 0 Å². The Labute approximate surface area is 60.2 Å². The van der Waals surface area contributed by atoms with E-state index in [0.717, 1.165) is 18.5 Å². The molecule has 0 bridgehead atoms. The first kappa shape index (κ1) is 6.13. The maximum absolute atomic E-state index is 9.31. The van der Waals surface area contributed by atoms with Gasteiger partial charge < -0.3 is 5.11 Å². The first-order chi connectivity index (χ1) is 4.88. The molecule has 2 N–H and O–H groups in total. The molecule has 1 saturated heterocycles. The SMILES string of the molecule is OC1NCC2CC=CC=C21. The van der Waals surface area contributed by atoms with Gasteiger partial charge in [-0.2, -0.15) is 0 Å². The Balaban J connectivity index is 2.25. The largest absolute Gasteiger partial charge is 0.375 e. The van der Waals surface area contributed by atoms with Crippen LogP contribution in [0.4, 0.5) is 0 Å². The zero-order valence-corrected chi connectivity index (χ0v) is 5.75. The number of allylic oxidation sites excluding steroid dienone is 3. The van der Waals surface area contributed by atoms with Crippen LogP contribution in [0.3, 0.4) is 0 Å². The number of hydrogen-bond donors (Lipinski definition) is 2. The summed E-state index contributed by atoms with van der Waals surface area (Å²) in [4.78, 5) is 0. The average Bonchev–Trinajstić information content (AvgIpc) is 2.34. The van der Waals surface area contributed by atoms with Crippen LogP contribution in [0.1, 0.15) is 6.42 Å². The van der Waals surface area contributed by atoms with Crippen molar-refractivity contribution in [3.8, 4) is 0 Å². The number of hydrogen-bond acceptors (Lipinski definition) is 2. The number of nitrogens with one attached hydrogen (secondary N) is 1. The smallest absolute Gasteiger partial charge is 0.127 e. The van der Waals surface area contributed by atoms with E-state index < -0.39 is 0 Å². The highest BCUT2D eigenvalue weighted by atomic mass is 16.3. The first-order valence-electron chi connectivity index (χ1n) is 3.66. The van der Waals surface area contributed by atoms with Crippen LogP contribution < -0.4 is 5.32 Å². The summed E-state index contributed by atoms with van der Waals surface area (Å²) in [6.07, 6.45) is 6.87. The Bertz CT molecular complexity index is 195. The summed E-state index contributed by atoms with van der Waals surface area (Å²) in [7, 11) is 0. The van der Waals surface area contributed by atoms with Crippen molar-refractivity contribution < 1.29 is 5.11 Å². The molecule has 1 aliphatic carbocycles. The predicted molar refractivity (Wildman–Crippen MR) is 39.3 cm³/mol. The van der Waals surface area contributed by atoms with Crippen LogP contribution in [0.15, 0.2) is 23.8 Å². The van der Waals surface area contributed by atoms with Crippen LogP contribution in [0.25, 0.3) is 0 Å². The fraction of sp³-hybridized carbons (Fsp3) is 0.500. The molecule has 54 valence electrons. The maximum atomic E-state index is 9.31. The summed E-state index contributed by atoms with van der Waals surface area (Å²) in [6.45, 7) is 0.928. The van der Waals surface area contributed by atoms with E-state index in [1.165, 1.54) is 0 Å². The van der Waals surface area contributed by atoms with Crippen LogP contribution in [-0.4, -0.2) is 17.9 Å². The number of aliphatic hydroxyl groups is 1. The lowest BCUT2D eigenvalue weighted by molar-refractivity contribution is 0.194. The highest BCUT2D eigenvalue weighted by Crippen LogP contribution is 2.26. The van der Waals surface area contributed by atoms with Crippen LogP contribution in [0.5, 0.6) is 0 Å². The van der Waals surface area contributed by atoms with Gasteiger partial charge in [-0.05, 0) is 17.9 Å². The Kier molecular flexibility index (Phi) is 1.36. The van der Waals surface area contributed by atoms with Gasteiger partial charge in [-0.25, -0.2) is 0 Å². The molecule has 2 atom stereocenters. The number of aliphatic hydroxyl groups excluding tert-OH is 1. The summed E-state index contributed by atoms with van der Waals surface area (Å²) in [6, 6.07) is 0. The monoisotopic (exact) mass is 137 g/mol. The Morgan fingerprint density at radius 2 is 2.50 bits per heavy atom. The molecule has 2 rings (SSSR count). The van der Waals surface area contributed by atoms with Crippen molar-refractivity contribution in [2.45, 2.75) is 12.6 Å². The van der Waals surface area contributed by atoms with Gasteiger partial charge in [0.1, 0.15) is 6.23 Å². The molecule has 0 aromatic rings. The molecule has 0 saturated carbocycles. The van der Waals surface area contributed by atoms with Crippen molar-refractivity contribution in [2.75, 3.05) is 6.54 Å². The van der Waals surface area contributed by atoms with Gasteiger partial charge >= 0.3 is 0 Å². The lowest BCUT2D eigenvalue weighted by Gasteiger charge is -2.12. The van der Waals surface area contributed by atoms with Crippen LogP contribution in [0, 0.1) is 5.92 Å². The highest BCUT2D eigenvalue weighted by molar-refractivity contribution is 5.26. The van der Waals surface area contributed by atoms with Gasteiger partial charge in [0, 0.05) is 6.54 Å². The van der Waals surface area contributed by atoms with E-state index in [9.17, 15) is 5.11 Å². The van der Waals surface area contributed by atoms with Gasteiger partial charge in [0.2, 0.25) is 0 Å². The minimum absolute atomic E-state index is 0.380. The third-order valence-corrected chi connectivity index (χ3v) is 2.19. The summed E-state index contributed by atoms with van der Waals surface area (Å²) < 4.78 is 0. The van der Waals surface area contributed by atoms with Crippen LogP contribution in [-0.2, 0) is 0 Å². The first-order valence-corrected chi connectivity index (χ1v) is 3.66. The standard InChI is InChI=1S/C8H11NO/c10-8-7-4-2-1-3-6(7)5-9-8/h1-2,4,6,8-10H,3,5H2. The lowest BCUT2D eigenvalue weighted by Crippen LogP contribution is -2.21. The zero-order chi connectivity index (χ0) is 6.97. The van der Waals surface area contributed by atoms with E-state index in [0.29, 0.717) is 5.92 Å². The summed E-state index contributed by atoms with van der Waals surface area (Å²) >= 11 is 0. The molecule has 10 heavy (non-hydrogen) atoms. The fourth-order valence-corrected chi connectivity index (χ4v) is 1.58. The van der Waals surface area contributed by atoms with Gasteiger partial charge in [0.05, 0.1) is 0 Å². The van der Waals surface area contributed by atoms with Gasteiger partial charge in [0.25, 0.3) is 0 Å². The third kappa shape index (κ3) is 0.805. The molecule has 2 unspecified atom stereocenters. The van der Waals surface area contributed by atoms with Crippen molar-refractivity contribution in [3.05, 3.63) is 23.8 Å². The van der Waals surface area contributed by atoms with Gasteiger partial charge in [-0.1, -0.05) is 18.2 Å². The van der Waals surface area contributed by atoms with Crippen LogP contribution in [0.2, 0.25) is 0 Å². The van der Waals surface area contributed by atoms with Crippen molar-refractivity contribution in [3.63, 3.8) is 0 Å².